The Balaban J connectivity index is 1.45. The Bertz CT molecular complexity index is 946. The number of imidazole rings is 1. The normalized spacial score (nSPS) is 13.9. The number of hydrogen-bond acceptors (Lipinski definition) is 4. The first kappa shape index (κ1) is 15.7. The number of aromatic nitrogens is 4. The van der Waals surface area contributed by atoms with Gasteiger partial charge in [-0.05, 0) is 44.0 Å². The van der Waals surface area contributed by atoms with Crippen molar-refractivity contribution in [2.75, 3.05) is 6.54 Å². The summed E-state index contributed by atoms with van der Waals surface area (Å²) >= 11 is 0. The lowest BCUT2D eigenvalue weighted by atomic mass is 10.1. The molecule has 3 aromatic rings. The largest absolute Gasteiger partial charge is 0.344 e. The number of aryl methyl sites for hydroxylation is 3. The van der Waals surface area contributed by atoms with E-state index in [0.29, 0.717) is 19.4 Å². The van der Waals surface area contributed by atoms with Gasteiger partial charge in [-0.3, -0.25) is 4.79 Å². The van der Waals surface area contributed by atoms with Crippen molar-refractivity contribution in [3.63, 3.8) is 0 Å². The summed E-state index contributed by atoms with van der Waals surface area (Å²) in [6.45, 7) is 5.31. The number of pyridine rings is 2. The van der Waals surface area contributed by atoms with Gasteiger partial charge >= 0.3 is 0 Å². The smallest absolute Gasteiger partial charge is 0.223 e. The van der Waals surface area contributed by atoms with E-state index in [4.69, 9.17) is 0 Å². The van der Waals surface area contributed by atoms with Crippen LogP contribution in [0.5, 0.6) is 0 Å². The second-order valence-corrected chi connectivity index (χ2v) is 6.60. The van der Waals surface area contributed by atoms with Gasteiger partial charge in [-0.25, -0.2) is 15.0 Å². The number of carbonyl (C=O) groups excluding carboxylic acids is 1. The van der Waals surface area contributed by atoms with Gasteiger partial charge in [0.2, 0.25) is 5.91 Å². The molecule has 0 saturated carbocycles. The van der Waals surface area contributed by atoms with Gasteiger partial charge in [-0.2, -0.15) is 0 Å². The van der Waals surface area contributed by atoms with Gasteiger partial charge in [0, 0.05) is 36.7 Å². The van der Waals surface area contributed by atoms with Crippen LogP contribution < -0.4 is 0 Å². The van der Waals surface area contributed by atoms with E-state index < -0.39 is 0 Å². The molecule has 1 N–H and O–H groups in total. The molecule has 0 bridgehead atoms. The number of H-pyrrole nitrogens is 1. The van der Waals surface area contributed by atoms with Crippen LogP contribution in [0.2, 0.25) is 0 Å². The Morgan fingerprint density at radius 1 is 1.32 bits per heavy atom. The highest BCUT2D eigenvalue weighted by Crippen LogP contribution is 2.19. The molecule has 1 amide bonds. The molecule has 25 heavy (non-hydrogen) atoms. The molecule has 0 atom stereocenters. The maximum Gasteiger partial charge on any atom is 0.223 e. The van der Waals surface area contributed by atoms with Crippen LogP contribution in [-0.4, -0.2) is 37.3 Å². The summed E-state index contributed by atoms with van der Waals surface area (Å²) in [5.41, 5.74) is 5.00. The molecule has 4 rings (SSSR count). The van der Waals surface area contributed by atoms with Gasteiger partial charge in [0.05, 0.1) is 17.9 Å². The minimum Gasteiger partial charge on any atom is -0.344 e. The van der Waals surface area contributed by atoms with Crippen LogP contribution in [0.15, 0.2) is 24.4 Å². The van der Waals surface area contributed by atoms with Crippen molar-refractivity contribution >= 4 is 16.9 Å². The Morgan fingerprint density at radius 2 is 2.20 bits per heavy atom. The summed E-state index contributed by atoms with van der Waals surface area (Å²) in [6.07, 6.45) is 3.78. The summed E-state index contributed by atoms with van der Waals surface area (Å²) in [5.74, 6) is 1.11. The first-order valence-corrected chi connectivity index (χ1v) is 8.63. The Morgan fingerprint density at radius 3 is 3.08 bits per heavy atom. The summed E-state index contributed by atoms with van der Waals surface area (Å²) in [7, 11) is 0. The van der Waals surface area contributed by atoms with E-state index in [0.717, 1.165) is 52.5 Å². The molecule has 128 valence electrons. The molecule has 1 aliphatic rings. The summed E-state index contributed by atoms with van der Waals surface area (Å²) in [6, 6.07) is 6.02. The quantitative estimate of drug-likeness (QED) is 0.798. The highest BCUT2D eigenvalue weighted by molar-refractivity contribution is 5.78. The van der Waals surface area contributed by atoms with Crippen molar-refractivity contribution in [2.24, 2.45) is 0 Å². The summed E-state index contributed by atoms with van der Waals surface area (Å²) in [4.78, 5) is 31.1. The third-order valence-corrected chi connectivity index (χ3v) is 4.80. The lowest BCUT2D eigenvalue weighted by Crippen LogP contribution is -2.36. The lowest BCUT2D eigenvalue weighted by Gasteiger charge is -2.26. The van der Waals surface area contributed by atoms with Gasteiger partial charge < -0.3 is 9.88 Å². The Hall–Kier alpha value is -2.76. The second-order valence-electron chi connectivity index (χ2n) is 6.60. The molecule has 1 aliphatic heterocycles. The standard InChI is InChI=1S/C19H21N5O/c1-12-14(10-15-4-3-8-20-19(15)21-12)5-6-18(25)24-9-7-16-17(11-24)23-13(2)22-16/h3-4,8,10H,5-7,9,11H2,1-2H3,(H,22,23). The lowest BCUT2D eigenvalue weighted by molar-refractivity contribution is -0.132. The van der Waals surface area contributed by atoms with Crippen LogP contribution in [-0.2, 0) is 24.2 Å². The average Bonchev–Trinajstić information content (AvgIpc) is 2.98. The van der Waals surface area contributed by atoms with Gasteiger partial charge in [0.15, 0.2) is 5.65 Å². The zero-order valence-corrected chi connectivity index (χ0v) is 14.5. The monoisotopic (exact) mass is 335 g/mol. The van der Waals surface area contributed by atoms with Gasteiger partial charge in [-0.1, -0.05) is 0 Å². The van der Waals surface area contributed by atoms with Crippen molar-refractivity contribution in [1.29, 1.82) is 0 Å². The molecule has 4 heterocycles. The minimum absolute atomic E-state index is 0.184. The van der Waals surface area contributed by atoms with E-state index in [2.05, 4.69) is 26.0 Å². The number of hydrogen-bond donors (Lipinski definition) is 1. The van der Waals surface area contributed by atoms with E-state index in [9.17, 15) is 4.79 Å². The molecule has 0 aliphatic carbocycles. The molecular weight excluding hydrogens is 314 g/mol. The SMILES string of the molecule is Cc1nc2c([nH]1)CN(C(=O)CCc1cc3cccnc3nc1C)CC2. The average molecular weight is 335 g/mol. The molecule has 0 saturated heterocycles. The fourth-order valence-corrected chi connectivity index (χ4v) is 3.44. The topological polar surface area (TPSA) is 74.8 Å². The van der Waals surface area contributed by atoms with Crippen LogP contribution in [0.25, 0.3) is 11.0 Å². The number of rotatable bonds is 3. The number of nitrogens with one attached hydrogen (secondary N) is 1. The van der Waals surface area contributed by atoms with Crippen molar-refractivity contribution in [3.8, 4) is 0 Å². The molecule has 0 radical (unpaired) electrons. The number of amides is 1. The molecule has 0 aromatic carbocycles. The van der Waals surface area contributed by atoms with Gasteiger partial charge in [-0.15, -0.1) is 0 Å². The number of fused-ring (bicyclic) bond motifs is 2. The molecule has 3 aromatic heterocycles. The number of nitrogens with zero attached hydrogens (tertiary/aromatic N) is 4. The van der Waals surface area contributed by atoms with Crippen molar-refractivity contribution < 1.29 is 4.79 Å². The van der Waals surface area contributed by atoms with Gasteiger partial charge in [0.25, 0.3) is 0 Å². The molecule has 0 spiro atoms. The molecule has 6 nitrogen and oxygen atoms in total. The molecule has 0 unspecified atom stereocenters. The first-order chi connectivity index (χ1) is 12.1. The molecular formula is C19H21N5O. The fourth-order valence-electron chi connectivity index (χ4n) is 3.44. The second kappa shape index (κ2) is 6.27. The van der Waals surface area contributed by atoms with Crippen LogP contribution in [0.3, 0.4) is 0 Å². The zero-order valence-electron chi connectivity index (χ0n) is 14.5. The van der Waals surface area contributed by atoms with Crippen LogP contribution in [0.1, 0.15) is 34.9 Å². The number of carbonyl (C=O) groups is 1. The highest BCUT2D eigenvalue weighted by atomic mass is 16.2. The maximum absolute atomic E-state index is 12.6. The van der Waals surface area contributed by atoms with E-state index >= 15 is 0 Å². The van der Waals surface area contributed by atoms with E-state index in [1.165, 1.54) is 0 Å². The third-order valence-electron chi connectivity index (χ3n) is 4.80. The summed E-state index contributed by atoms with van der Waals surface area (Å²) in [5, 5.41) is 1.02. The van der Waals surface area contributed by atoms with Crippen molar-refractivity contribution in [1.82, 2.24) is 24.8 Å². The predicted molar refractivity (Wildman–Crippen MR) is 95.0 cm³/mol. The Labute approximate surface area is 146 Å². The zero-order chi connectivity index (χ0) is 17.4. The van der Waals surface area contributed by atoms with Crippen LogP contribution >= 0.6 is 0 Å². The minimum atomic E-state index is 0.184. The van der Waals surface area contributed by atoms with Gasteiger partial charge in [0.1, 0.15) is 5.82 Å². The van der Waals surface area contributed by atoms with E-state index in [1.54, 1.807) is 6.20 Å². The maximum atomic E-state index is 12.6. The van der Waals surface area contributed by atoms with Crippen LogP contribution in [0.4, 0.5) is 0 Å². The fraction of sp³-hybridized carbons (Fsp3) is 0.368. The highest BCUT2D eigenvalue weighted by Gasteiger charge is 2.23. The Kier molecular flexibility index (Phi) is 3.95. The molecule has 6 heteroatoms. The van der Waals surface area contributed by atoms with E-state index in [1.807, 2.05) is 30.9 Å². The predicted octanol–water partition coefficient (Wildman–Crippen LogP) is 2.49. The van der Waals surface area contributed by atoms with Crippen molar-refractivity contribution in [2.45, 2.75) is 39.7 Å². The van der Waals surface area contributed by atoms with Crippen LogP contribution in [0, 0.1) is 13.8 Å². The first-order valence-electron chi connectivity index (χ1n) is 8.63. The summed E-state index contributed by atoms with van der Waals surface area (Å²) < 4.78 is 0. The van der Waals surface area contributed by atoms with Crippen molar-refractivity contribution in [3.05, 3.63) is 52.9 Å². The molecule has 0 fully saturated rings. The number of aromatic amines is 1. The van der Waals surface area contributed by atoms with E-state index in [-0.39, 0.29) is 5.91 Å². The third kappa shape index (κ3) is 3.12.